The Hall–Kier alpha value is -2.59. The van der Waals surface area contributed by atoms with E-state index in [9.17, 15) is 14.4 Å². The standard InChI is InChI=1S/C82H149N3O4S2/c1-9-13-17-21-25-28-31-32-33-34-35-36-39-42-47-55-67-79(81(87)90-75-72-83(5)6)68-57-51-56-65-77(63-53-45-40-37-29-26-22-18-14-10-2)78(64-54-46-41-38-30-27-23-19-15-11-3)66-58-52-61-71-85(82(88)91-76-73-84(7)8)70-60-49-44-48-59-69-80(86)89-74-62-50-43-24-20-16-12-4/h28-31,33-34,37-38,45-46,50,53-54,62,77-79H,9-27,32,35-36,39-44,47-49,51-52,55-61,63-76H2,1-8H3/b31-28-,34-33-,37-29-,38-30-,53-45-,54-46-,62-50-. The third-order valence-corrected chi connectivity index (χ3v) is 19.7. The van der Waals surface area contributed by atoms with E-state index in [1.54, 1.807) is 11.8 Å². The Labute approximate surface area is 575 Å². The number of thioether (sulfide) groups is 2. The van der Waals surface area contributed by atoms with Crippen LogP contribution in [0.2, 0.25) is 0 Å². The van der Waals surface area contributed by atoms with Crippen LogP contribution in [0.1, 0.15) is 329 Å². The number of nitrogens with zero attached hydrogens (tertiary/aromatic N) is 3. The van der Waals surface area contributed by atoms with Gasteiger partial charge in [0.25, 0.3) is 5.24 Å². The van der Waals surface area contributed by atoms with E-state index in [1.807, 2.05) is 6.08 Å². The van der Waals surface area contributed by atoms with Crippen molar-refractivity contribution in [2.45, 2.75) is 329 Å². The molecule has 0 aromatic heterocycles. The Morgan fingerprint density at radius 3 is 1.13 bits per heavy atom. The van der Waals surface area contributed by atoms with Gasteiger partial charge in [0.2, 0.25) is 0 Å². The minimum Gasteiger partial charge on any atom is -0.461 e. The first-order chi connectivity index (χ1) is 44.6. The van der Waals surface area contributed by atoms with Crippen molar-refractivity contribution in [3.8, 4) is 0 Å². The maximum absolute atomic E-state index is 13.8. The molecule has 3 unspecified atom stereocenters. The molecule has 0 spiro atoms. The average molecular weight is 1310 g/mol. The van der Waals surface area contributed by atoms with Gasteiger partial charge in [0.1, 0.15) is 6.61 Å². The van der Waals surface area contributed by atoms with Crippen molar-refractivity contribution in [2.75, 3.05) is 72.5 Å². The molecule has 9 heteroatoms. The fourth-order valence-electron chi connectivity index (χ4n) is 11.7. The second kappa shape index (κ2) is 71.7. The largest absolute Gasteiger partial charge is 0.461 e. The van der Waals surface area contributed by atoms with Crippen LogP contribution in [-0.2, 0) is 14.3 Å². The van der Waals surface area contributed by atoms with Gasteiger partial charge in [-0.25, -0.2) is 0 Å². The highest BCUT2D eigenvalue weighted by Crippen LogP contribution is 2.33. The van der Waals surface area contributed by atoms with Crippen LogP contribution in [0, 0.1) is 17.8 Å². The predicted molar refractivity (Wildman–Crippen MR) is 409 cm³/mol. The van der Waals surface area contributed by atoms with Gasteiger partial charge in [-0.1, -0.05) is 290 Å². The Morgan fingerprint density at radius 1 is 0.352 bits per heavy atom. The lowest BCUT2D eigenvalue weighted by molar-refractivity contribution is -0.142. The first kappa shape index (κ1) is 88.4. The molecular weight excluding hydrogens is 1160 g/mol. The van der Waals surface area contributed by atoms with Crippen LogP contribution >= 0.6 is 23.5 Å². The summed E-state index contributed by atoms with van der Waals surface area (Å²) in [6, 6.07) is 0. The zero-order chi connectivity index (χ0) is 66.4. The lowest BCUT2D eigenvalue weighted by Crippen LogP contribution is -2.30. The van der Waals surface area contributed by atoms with Gasteiger partial charge in [-0.2, -0.15) is 0 Å². The molecular formula is C82H149N3O4S2. The van der Waals surface area contributed by atoms with Crippen molar-refractivity contribution in [1.82, 2.24) is 14.7 Å². The van der Waals surface area contributed by atoms with Crippen LogP contribution in [0.5, 0.6) is 0 Å². The Morgan fingerprint density at radius 2 is 0.692 bits per heavy atom. The van der Waals surface area contributed by atoms with Crippen molar-refractivity contribution in [2.24, 2.45) is 17.8 Å². The van der Waals surface area contributed by atoms with Crippen LogP contribution in [-0.4, -0.2) is 104 Å². The number of rotatable bonds is 68. The Bertz CT molecular complexity index is 1800. The molecule has 0 heterocycles. The summed E-state index contributed by atoms with van der Waals surface area (Å²) in [4.78, 5) is 46.4. The molecule has 0 saturated heterocycles. The SMILES string of the molecule is CCCCCC/C=C\C/C=C\CCCCCCCC(CCCCCC(C/C=C\C/C=C\CCCCCC)C(C/C=C\C/C=C\CCCCCC)CCCCCN(CCCCCCCC(=O)OC/C=C\CCCCCC)C(=O)SCCN(C)C)C(=O)SCCN(C)C. The second-order valence-electron chi connectivity index (χ2n) is 27.0. The van der Waals surface area contributed by atoms with Gasteiger partial charge < -0.3 is 19.4 Å². The van der Waals surface area contributed by atoms with Crippen molar-refractivity contribution < 1.29 is 19.1 Å². The molecule has 0 aromatic rings. The summed E-state index contributed by atoms with van der Waals surface area (Å²) in [5.74, 6) is 3.01. The van der Waals surface area contributed by atoms with Crippen LogP contribution in [0.3, 0.4) is 0 Å². The monoisotopic (exact) mass is 1300 g/mol. The number of amides is 1. The Balaban J connectivity index is 5.94. The summed E-state index contributed by atoms with van der Waals surface area (Å²) in [7, 11) is 8.38. The lowest BCUT2D eigenvalue weighted by Gasteiger charge is -2.27. The number of unbranched alkanes of at least 4 members (excludes halogenated alkanes) is 29. The minimum atomic E-state index is -0.0938. The minimum absolute atomic E-state index is 0.0938. The molecule has 0 N–H and O–H groups in total. The van der Waals surface area contributed by atoms with Crippen molar-refractivity contribution >= 4 is 39.8 Å². The Kier molecular flexibility index (Phi) is 69.7. The molecule has 1 amide bonds. The van der Waals surface area contributed by atoms with E-state index in [2.05, 4.69) is 150 Å². The van der Waals surface area contributed by atoms with E-state index in [0.717, 1.165) is 140 Å². The topological polar surface area (TPSA) is 70.2 Å². The number of allylic oxidation sites excluding steroid dienone is 13. The highest BCUT2D eigenvalue weighted by atomic mass is 32.2. The van der Waals surface area contributed by atoms with Gasteiger partial charge in [-0.15, -0.1) is 0 Å². The van der Waals surface area contributed by atoms with Gasteiger partial charge in [0, 0.05) is 50.0 Å². The van der Waals surface area contributed by atoms with Crippen LogP contribution < -0.4 is 0 Å². The van der Waals surface area contributed by atoms with Gasteiger partial charge >= 0.3 is 5.97 Å². The number of carbonyl (C=O) groups excluding carboxylic acids is 3. The van der Waals surface area contributed by atoms with Gasteiger partial charge in [-0.05, 0) is 181 Å². The predicted octanol–water partition coefficient (Wildman–Crippen LogP) is 25.2. The summed E-state index contributed by atoms with van der Waals surface area (Å²) < 4.78 is 5.45. The van der Waals surface area contributed by atoms with E-state index >= 15 is 0 Å². The second-order valence-corrected chi connectivity index (χ2v) is 29.1. The molecule has 7 nitrogen and oxygen atoms in total. The molecule has 0 fully saturated rings. The molecule has 0 rings (SSSR count). The zero-order valence-corrected chi connectivity index (χ0v) is 62.9. The molecule has 0 radical (unpaired) electrons. The number of esters is 1. The number of hydrogen-bond donors (Lipinski definition) is 0. The summed E-state index contributed by atoms with van der Waals surface area (Å²) in [5.41, 5.74) is 0. The number of carbonyl (C=O) groups is 3. The molecule has 528 valence electrons. The summed E-state index contributed by atoms with van der Waals surface area (Å²) >= 11 is 3.07. The molecule has 0 aromatic carbocycles. The molecule has 0 aliphatic carbocycles. The fraction of sp³-hybridized carbons (Fsp3) is 0.793. The zero-order valence-electron chi connectivity index (χ0n) is 61.3. The lowest BCUT2D eigenvalue weighted by atomic mass is 9.79. The van der Waals surface area contributed by atoms with Crippen LogP contribution in [0.4, 0.5) is 4.79 Å². The first-order valence-electron chi connectivity index (χ1n) is 38.7. The van der Waals surface area contributed by atoms with Gasteiger partial charge in [0.05, 0.1) is 0 Å². The van der Waals surface area contributed by atoms with E-state index in [-0.39, 0.29) is 17.1 Å². The fourth-order valence-corrected chi connectivity index (χ4v) is 13.9. The highest BCUT2D eigenvalue weighted by molar-refractivity contribution is 8.13. The summed E-state index contributed by atoms with van der Waals surface area (Å²) in [5, 5.41) is 0.662. The number of ether oxygens (including phenoxy) is 1. The van der Waals surface area contributed by atoms with Gasteiger partial charge in [-0.3, -0.25) is 14.4 Å². The van der Waals surface area contributed by atoms with Crippen LogP contribution in [0.15, 0.2) is 85.1 Å². The van der Waals surface area contributed by atoms with Crippen molar-refractivity contribution in [3.05, 3.63) is 85.1 Å². The van der Waals surface area contributed by atoms with E-state index in [4.69, 9.17) is 4.74 Å². The maximum atomic E-state index is 13.8. The van der Waals surface area contributed by atoms with Gasteiger partial charge in [0.15, 0.2) is 5.12 Å². The van der Waals surface area contributed by atoms with E-state index < -0.39 is 0 Å². The summed E-state index contributed by atoms with van der Waals surface area (Å²) in [6.45, 7) is 12.9. The molecule has 0 bridgehead atoms. The average Bonchev–Trinajstić information content (AvgIpc) is 3.52. The maximum Gasteiger partial charge on any atom is 0.306 e. The normalized spacial score (nSPS) is 13.4. The molecule has 0 aliphatic rings. The van der Waals surface area contributed by atoms with Crippen LogP contribution in [0.25, 0.3) is 0 Å². The third kappa shape index (κ3) is 64.5. The molecule has 3 atom stereocenters. The number of hydrogen-bond acceptors (Lipinski definition) is 8. The van der Waals surface area contributed by atoms with Crippen molar-refractivity contribution in [3.63, 3.8) is 0 Å². The van der Waals surface area contributed by atoms with E-state index in [1.165, 1.54) is 204 Å². The summed E-state index contributed by atoms with van der Waals surface area (Å²) in [6.07, 6.45) is 88.3. The molecule has 0 aliphatic heterocycles. The molecule has 0 saturated carbocycles. The van der Waals surface area contributed by atoms with E-state index in [0.29, 0.717) is 30.0 Å². The highest BCUT2D eigenvalue weighted by Gasteiger charge is 2.22. The smallest absolute Gasteiger partial charge is 0.306 e. The molecule has 91 heavy (non-hydrogen) atoms. The quantitative estimate of drug-likeness (QED) is 0.0339. The van der Waals surface area contributed by atoms with Crippen molar-refractivity contribution in [1.29, 1.82) is 0 Å². The third-order valence-electron chi connectivity index (χ3n) is 17.8. The first-order valence-corrected chi connectivity index (χ1v) is 40.6.